The van der Waals surface area contributed by atoms with Gasteiger partial charge in [0.1, 0.15) is 0 Å². The van der Waals surface area contributed by atoms with Gasteiger partial charge < -0.3 is 10.0 Å². The lowest BCUT2D eigenvalue weighted by atomic mass is 10.4. The van der Waals surface area contributed by atoms with Gasteiger partial charge in [-0.25, -0.2) is 15.1 Å². The van der Waals surface area contributed by atoms with Crippen LogP contribution in [0.5, 0.6) is 0 Å². The second-order valence-electron chi connectivity index (χ2n) is 3.08. The molecule has 6 heteroatoms. The molecule has 0 rings (SSSR count). The van der Waals surface area contributed by atoms with Crippen LogP contribution in [0, 0.1) is 0 Å². The Morgan fingerprint density at radius 2 is 1.80 bits per heavy atom. The molecule has 0 heterocycles. The van der Waals surface area contributed by atoms with E-state index in [0.717, 1.165) is 12.8 Å². The highest BCUT2D eigenvalue weighted by Gasteiger charge is 2.11. The van der Waals surface area contributed by atoms with Crippen molar-refractivity contribution in [1.29, 1.82) is 0 Å². The second-order valence-corrected chi connectivity index (χ2v) is 3.08. The molecule has 0 bridgehead atoms. The van der Waals surface area contributed by atoms with Crippen molar-refractivity contribution in [3.05, 3.63) is 0 Å². The quantitative estimate of drug-likeness (QED) is 0.620. The average molecular weight is 218 g/mol. The van der Waals surface area contributed by atoms with Crippen LogP contribution in [0.25, 0.3) is 0 Å². The third-order valence-corrected chi connectivity index (χ3v) is 1.63. The predicted octanol–water partition coefficient (Wildman–Crippen LogP) is 0.834. The number of rotatable bonds is 7. The van der Waals surface area contributed by atoms with Gasteiger partial charge in [0.2, 0.25) is 0 Å². The number of carboxylic acid groups (broad SMARTS) is 1. The molecule has 0 aliphatic carbocycles. The average Bonchev–Trinajstić information content (AvgIpc) is 2.16. The zero-order valence-corrected chi connectivity index (χ0v) is 9.15. The van der Waals surface area contributed by atoms with Crippen molar-refractivity contribution in [2.24, 2.45) is 0 Å². The van der Waals surface area contributed by atoms with Crippen LogP contribution < -0.4 is 5.48 Å². The van der Waals surface area contributed by atoms with Gasteiger partial charge in [-0.1, -0.05) is 13.8 Å². The largest absolute Gasteiger partial charge is 0.479 e. The Labute approximate surface area is 89.2 Å². The van der Waals surface area contributed by atoms with Crippen molar-refractivity contribution in [1.82, 2.24) is 10.4 Å². The molecular formula is C9H18N2O4. The third-order valence-electron chi connectivity index (χ3n) is 1.63. The van der Waals surface area contributed by atoms with Crippen molar-refractivity contribution >= 4 is 12.0 Å². The topological polar surface area (TPSA) is 78.9 Å². The van der Waals surface area contributed by atoms with E-state index in [-0.39, 0.29) is 6.03 Å². The summed E-state index contributed by atoms with van der Waals surface area (Å²) in [5, 5.41) is 8.28. The summed E-state index contributed by atoms with van der Waals surface area (Å²) < 4.78 is 0. The molecule has 0 aromatic rings. The summed E-state index contributed by atoms with van der Waals surface area (Å²) in [5.74, 6) is -1.12. The molecule has 0 fully saturated rings. The van der Waals surface area contributed by atoms with Gasteiger partial charge in [0.15, 0.2) is 6.61 Å². The summed E-state index contributed by atoms with van der Waals surface area (Å²) in [4.78, 5) is 27.6. The van der Waals surface area contributed by atoms with Gasteiger partial charge in [-0.15, -0.1) is 0 Å². The van der Waals surface area contributed by atoms with E-state index in [0.29, 0.717) is 13.1 Å². The first-order chi connectivity index (χ1) is 7.11. The minimum atomic E-state index is -1.12. The van der Waals surface area contributed by atoms with Crippen LogP contribution in [0.15, 0.2) is 0 Å². The van der Waals surface area contributed by atoms with E-state index >= 15 is 0 Å². The third kappa shape index (κ3) is 6.73. The lowest BCUT2D eigenvalue weighted by Gasteiger charge is -2.21. The first-order valence-corrected chi connectivity index (χ1v) is 5.00. The molecule has 0 radical (unpaired) electrons. The Morgan fingerprint density at radius 3 is 2.20 bits per heavy atom. The fourth-order valence-corrected chi connectivity index (χ4v) is 1.08. The number of carbonyl (C=O) groups is 2. The summed E-state index contributed by atoms with van der Waals surface area (Å²) in [6.45, 7) is 4.67. The number of carboxylic acids is 1. The van der Waals surface area contributed by atoms with Crippen molar-refractivity contribution in [2.45, 2.75) is 26.7 Å². The van der Waals surface area contributed by atoms with E-state index in [1.165, 1.54) is 0 Å². The number of urea groups is 1. The fraction of sp³-hybridized carbons (Fsp3) is 0.778. The number of carbonyl (C=O) groups excluding carboxylic acids is 1. The Kier molecular flexibility index (Phi) is 7.35. The lowest BCUT2D eigenvalue weighted by molar-refractivity contribution is -0.144. The molecule has 0 aliphatic rings. The summed E-state index contributed by atoms with van der Waals surface area (Å²) in [6.07, 6.45) is 1.71. The van der Waals surface area contributed by atoms with Gasteiger partial charge in [0.05, 0.1) is 0 Å². The Morgan fingerprint density at radius 1 is 1.27 bits per heavy atom. The van der Waals surface area contributed by atoms with E-state index in [1.807, 2.05) is 13.8 Å². The number of nitrogens with one attached hydrogen (secondary N) is 1. The van der Waals surface area contributed by atoms with E-state index in [9.17, 15) is 9.59 Å². The molecule has 2 amide bonds. The first kappa shape index (κ1) is 13.7. The van der Waals surface area contributed by atoms with Crippen LogP contribution in [0.4, 0.5) is 4.79 Å². The smallest absolute Gasteiger partial charge is 0.341 e. The monoisotopic (exact) mass is 218 g/mol. The predicted molar refractivity (Wildman–Crippen MR) is 54.3 cm³/mol. The second kappa shape index (κ2) is 8.05. The summed E-state index contributed by atoms with van der Waals surface area (Å²) >= 11 is 0. The summed E-state index contributed by atoms with van der Waals surface area (Å²) in [6, 6.07) is -0.389. The molecule has 0 atom stereocenters. The minimum absolute atomic E-state index is 0.389. The highest BCUT2D eigenvalue weighted by atomic mass is 16.7. The van der Waals surface area contributed by atoms with Crippen molar-refractivity contribution in [3.63, 3.8) is 0 Å². The van der Waals surface area contributed by atoms with Crippen LogP contribution in [0.1, 0.15) is 26.7 Å². The van der Waals surface area contributed by atoms with Crippen LogP contribution in [-0.2, 0) is 9.63 Å². The van der Waals surface area contributed by atoms with Crippen molar-refractivity contribution in [2.75, 3.05) is 19.7 Å². The molecule has 0 unspecified atom stereocenters. The fourth-order valence-electron chi connectivity index (χ4n) is 1.08. The molecule has 6 nitrogen and oxygen atoms in total. The SMILES string of the molecule is CCCN(CCC)C(=O)NOCC(=O)O. The molecule has 88 valence electrons. The van der Waals surface area contributed by atoms with E-state index in [2.05, 4.69) is 10.3 Å². The number of aliphatic carboxylic acids is 1. The zero-order chi connectivity index (χ0) is 11.7. The van der Waals surface area contributed by atoms with E-state index in [4.69, 9.17) is 5.11 Å². The van der Waals surface area contributed by atoms with Gasteiger partial charge in [-0.2, -0.15) is 0 Å². The Bertz CT molecular complexity index is 202. The molecule has 0 aliphatic heterocycles. The van der Waals surface area contributed by atoms with Crippen LogP contribution in [0.3, 0.4) is 0 Å². The van der Waals surface area contributed by atoms with Crippen molar-refractivity contribution in [3.8, 4) is 0 Å². The summed E-state index contributed by atoms with van der Waals surface area (Å²) in [7, 11) is 0. The van der Waals surface area contributed by atoms with Gasteiger partial charge in [0.25, 0.3) is 0 Å². The normalized spacial score (nSPS) is 9.73. The number of amides is 2. The first-order valence-electron chi connectivity index (χ1n) is 5.00. The van der Waals surface area contributed by atoms with Gasteiger partial charge >= 0.3 is 12.0 Å². The minimum Gasteiger partial charge on any atom is -0.479 e. The number of hydroxylamine groups is 1. The number of hydrogen-bond acceptors (Lipinski definition) is 3. The van der Waals surface area contributed by atoms with E-state index in [1.54, 1.807) is 4.90 Å². The zero-order valence-electron chi connectivity index (χ0n) is 9.15. The molecule has 0 aromatic carbocycles. The molecular weight excluding hydrogens is 200 g/mol. The summed E-state index contributed by atoms with van der Waals surface area (Å²) in [5.41, 5.74) is 2.09. The Hall–Kier alpha value is -1.30. The molecule has 15 heavy (non-hydrogen) atoms. The number of nitrogens with zero attached hydrogens (tertiary/aromatic N) is 1. The highest BCUT2D eigenvalue weighted by Crippen LogP contribution is 1.94. The van der Waals surface area contributed by atoms with Gasteiger partial charge in [-0.3, -0.25) is 4.84 Å². The maximum atomic E-state index is 11.4. The lowest BCUT2D eigenvalue weighted by Crippen LogP contribution is -2.41. The maximum Gasteiger partial charge on any atom is 0.341 e. The molecule has 0 aromatic heterocycles. The van der Waals surface area contributed by atoms with Crippen LogP contribution >= 0.6 is 0 Å². The maximum absolute atomic E-state index is 11.4. The molecule has 0 spiro atoms. The molecule has 0 saturated heterocycles. The molecule has 2 N–H and O–H groups in total. The van der Waals surface area contributed by atoms with E-state index < -0.39 is 12.6 Å². The Balaban J connectivity index is 3.85. The van der Waals surface area contributed by atoms with Gasteiger partial charge in [0, 0.05) is 13.1 Å². The molecule has 0 saturated carbocycles. The van der Waals surface area contributed by atoms with Crippen LogP contribution in [-0.4, -0.2) is 41.7 Å². The number of hydrogen-bond donors (Lipinski definition) is 2. The standard InChI is InChI=1S/C9H18N2O4/c1-3-5-11(6-4-2)9(14)10-15-7-8(12)13/h3-7H2,1-2H3,(H,10,14)(H,12,13). The van der Waals surface area contributed by atoms with Crippen LogP contribution in [0.2, 0.25) is 0 Å². The van der Waals surface area contributed by atoms with Gasteiger partial charge in [-0.05, 0) is 12.8 Å². The highest BCUT2D eigenvalue weighted by molar-refractivity contribution is 5.73. The van der Waals surface area contributed by atoms with Crippen molar-refractivity contribution < 1.29 is 19.5 Å².